The Bertz CT molecular complexity index is 971. The summed E-state index contributed by atoms with van der Waals surface area (Å²) in [6.45, 7) is 6.44. The number of nitriles is 1. The number of aromatic nitrogens is 1. The molecule has 1 heterocycles. The van der Waals surface area contributed by atoms with Crippen molar-refractivity contribution < 1.29 is 14.3 Å². The van der Waals surface area contributed by atoms with E-state index < -0.39 is 11.8 Å². The average Bonchev–Trinajstić information content (AvgIpc) is 2.97. The van der Waals surface area contributed by atoms with Crippen LogP contribution in [0.4, 0.5) is 0 Å². The maximum atomic E-state index is 12.3. The maximum absolute atomic E-state index is 12.3. The number of amides is 2. The maximum Gasteiger partial charge on any atom is 0.280 e. The van der Waals surface area contributed by atoms with E-state index in [-0.39, 0.29) is 11.6 Å². The standard InChI is InChI=1S/C21H23ClN4O3/c1-13-9-17(15(3)26(13)14(2)12-29-4)10-18(11-23)21(28)25-24-20(27)16-5-7-19(22)8-6-16/h5-10,14H,12H2,1-4H3,(H,24,27)(H,25,28)/b18-10-. The minimum absolute atomic E-state index is 0.111. The molecule has 0 radical (unpaired) electrons. The van der Waals surface area contributed by atoms with Gasteiger partial charge in [-0.25, -0.2) is 0 Å². The van der Waals surface area contributed by atoms with Gasteiger partial charge in [0.05, 0.1) is 12.6 Å². The van der Waals surface area contributed by atoms with Crippen LogP contribution < -0.4 is 10.9 Å². The van der Waals surface area contributed by atoms with Gasteiger partial charge in [-0.15, -0.1) is 0 Å². The number of hydrazine groups is 1. The molecule has 2 amide bonds. The van der Waals surface area contributed by atoms with Gasteiger partial charge in [-0.2, -0.15) is 5.26 Å². The second-order valence-corrected chi connectivity index (χ2v) is 7.02. The van der Waals surface area contributed by atoms with Gasteiger partial charge in [0.15, 0.2) is 0 Å². The largest absolute Gasteiger partial charge is 0.383 e. The van der Waals surface area contributed by atoms with Crippen LogP contribution in [0.1, 0.15) is 40.3 Å². The van der Waals surface area contributed by atoms with Crippen LogP contribution in [0, 0.1) is 25.2 Å². The van der Waals surface area contributed by atoms with Crippen LogP contribution in [-0.2, 0) is 9.53 Å². The van der Waals surface area contributed by atoms with E-state index in [2.05, 4.69) is 15.4 Å². The van der Waals surface area contributed by atoms with Crippen LogP contribution in [0.15, 0.2) is 35.9 Å². The molecule has 0 saturated heterocycles. The molecule has 0 aliphatic carbocycles. The molecule has 2 rings (SSSR count). The number of benzene rings is 1. The summed E-state index contributed by atoms with van der Waals surface area (Å²) in [5, 5.41) is 9.90. The SMILES string of the molecule is COCC(C)n1c(C)cc(/C=C(/C#N)C(=O)NNC(=O)c2ccc(Cl)cc2)c1C. The first kappa shape index (κ1) is 22.2. The summed E-state index contributed by atoms with van der Waals surface area (Å²) < 4.78 is 7.30. The normalized spacial score (nSPS) is 12.2. The second-order valence-electron chi connectivity index (χ2n) is 6.59. The highest BCUT2D eigenvalue weighted by molar-refractivity contribution is 6.30. The number of rotatable bonds is 6. The Hall–Kier alpha value is -3.08. The van der Waals surface area contributed by atoms with Crippen molar-refractivity contribution in [1.82, 2.24) is 15.4 Å². The first-order chi connectivity index (χ1) is 13.8. The fourth-order valence-electron chi connectivity index (χ4n) is 3.10. The molecule has 0 bridgehead atoms. The van der Waals surface area contributed by atoms with Gasteiger partial charge in [-0.3, -0.25) is 20.4 Å². The van der Waals surface area contributed by atoms with Crippen molar-refractivity contribution in [3.63, 3.8) is 0 Å². The number of aryl methyl sites for hydroxylation is 1. The summed E-state index contributed by atoms with van der Waals surface area (Å²) in [7, 11) is 1.64. The number of hydrogen-bond donors (Lipinski definition) is 2. The van der Waals surface area contributed by atoms with Crippen LogP contribution in [0.25, 0.3) is 6.08 Å². The molecule has 1 aromatic heterocycles. The molecule has 2 N–H and O–H groups in total. The molecule has 0 saturated carbocycles. The molecular weight excluding hydrogens is 392 g/mol. The van der Waals surface area contributed by atoms with Gasteiger partial charge in [-0.05, 0) is 62.7 Å². The Morgan fingerprint density at radius 1 is 1.28 bits per heavy atom. The predicted octanol–water partition coefficient (Wildman–Crippen LogP) is 3.33. The third-order valence-electron chi connectivity index (χ3n) is 4.43. The highest BCUT2D eigenvalue weighted by Gasteiger charge is 2.16. The summed E-state index contributed by atoms with van der Waals surface area (Å²) in [4.78, 5) is 24.4. The molecule has 0 aliphatic rings. The third-order valence-corrected chi connectivity index (χ3v) is 4.69. The summed E-state index contributed by atoms with van der Waals surface area (Å²) in [5.41, 5.74) is 7.41. The molecule has 29 heavy (non-hydrogen) atoms. The van der Waals surface area contributed by atoms with Gasteiger partial charge in [0.1, 0.15) is 11.6 Å². The monoisotopic (exact) mass is 414 g/mol. The molecule has 1 unspecified atom stereocenters. The van der Waals surface area contributed by atoms with Gasteiger partial charge in [0, 0.05) is 29.1 Å². The quantitative estimate of drug-likeness (QED) is 0.430. The number of nitrogens with one attached hydrogen (secondary N) is 2. The van der Waals surface area contributed by atoms with Crippen molar-refractivity contribution in [2.75, 3.05) is 13.7 Å². The highest BCUT2D eigenvalue weighted by atomic mass is 35.5. The zero-order valence-corrected chi connectivity index (χ0v) is 17.5. The van der Waals surface area contributed by atoms with Crippen LogP contribution in [-0.4, -0.2) is 30.1 Å². The van der Waals surface area contributed by atoms with Gasteiger partial charge in [0.25, 0.3) is 11.8 Å². The smallest absolute Gasteiger partial charge is 0.280 e. The summed E-state index contributed by atoms with van der Waals surface area (Å²) in [6.07, 6.45) is 1.50. The van der Waals surface area contributed by atoms with Gasteiger partial charge < -0.3 is 9.30 Å². The van der Waals surface area contributed by atoms with E-state index in [1.165, 1.54) is 18.2 Å². The fourth-order valence-corrected chi connectivity index (χ4v) is 3.23. The van der Waals surface area contributed by atoms with E-state index in [1.807, 2.05) is 32.9 Å². The average molecular weight is 415 g/mol. The summed E-state index contributed by atoms with van der Waals surface area (Å²) >= 11 is 5.79. The Labute approximate surface area is 174 Å². The number of ether oxygens (including phenoxy) is 1. The van der Waals surface area contributed by atoms with Crippen LogP contribution in [0.3, 0.4) is 0 Å². The summed E-state index contributed by atoms with van der Waals surface area (Å²) in [5.74, 6) is -1.22. The number of nitrogens with zero attached hydrogens (tertiary/aromatic N) is 2. The number of carbonyl (C=O) groups excluding carboxylic acids is 2. The lowest BCUT2D eigenvalue weighted by molar-refractivity contribution is -0.117. The van der Waals surface area contributed by atoms with Crippen molar-refractivity contribution in [2.45, 2.75) is 26.8 Å². The first-order valence-corrected chi connectivity index (χ1v) is 9.31. The van der Waals surface area contributed by atoms with E-state index >= 15 is 0 Å². The van der Waals surface area contributed by atoms with Gasteiger partial charge in [-0.1, -0.05) is 11.6 Å². The van der Waals surface area contributed by atoms with Crippen LogP contribution >= 0.6 is 11.6 Å². The fraction of sp³-hybridized carbons (Fsp3) is 0.286. The number of methoxy groups -OCH3 is 1. The lowest BCUT2D eigenvalue weighted by atomic mass is 10.1. The Kier molecular flexibility index (Phi) is 7.59. The van der Waals surface area contributed by atoms with Crippen LogP contribution in [0.5, 0.6) is 0 Å². The van der Waals surface area contributed by atoms with Crippen molar-refractivity contribution >= 4 is 29.5 Å². The predicted molar refractivity (Wildman–Crippen MR) is 111 cm³/mol. The summed E-state index contributed by atoms with van der Waals surface area (Å²) in [6, 6.07) is 10.1. The topological polar surface area (TPSA) is 96.2 Å². The van der Waals surface area contributed by atoms with Crippen molar-refractivity contribution in [2.24, 2.45) is 0 Å². The number of carbonyl (C=O) groups is 2. The van der Waals surface area contributed by atoms with Crippen LogP contribution in [0.2, 0.25) is 5.02 Å². The molecule has 0 spiro atoms. The number of halogens is 1. The van der Waals surface area contributed by atoms with Crippen molar-refractivity contribution in [1.29, 1.82) is 5.26 Å². The van der Waals surface area contributed by atoms with E-state index in [4.69, 9.17) is 16.3 Å². The van der Waals surface area contributed by atoms with Crippen molar-refractivity contribution in [3.05, 3.63) is 63.4 Å². The molecular formula is C21H23ClN4O3. The lowest BCUT2D eigenvalue weighted by Crippen LogP contribution is -2.42. The number of hydrogen-bond acceptors (Lipinski definition) is 4. The first-order valence-electron chi connectivity index (χ1n) is 8.93. The molecule has 1 aromatic carbocycles. The minimum Gasteiger partial charge on any atom is -0.383 e. The zero-order chi connectivity index (χ0) is 21.6. The molecule has 2 aromatic rings. The molecule has 152 valence electrons. The Balaban J connectivity index is 2.14. The van der Waals surface area contributed by atoms with Gasteiger partial charge >= 0.3 is 0 Å². The van der Waals surface area contributed by atoms with E-state index in [1.54, 1.807) is 19.2 Å². The molecule has 7 nitrogen and oxygen atoms in total. The molecule has 8 heteroatoms. The zero-order valence-electron chi connectivity index (χ0n) is 16.7. The molecule has 0 fully saturated rings. The van der Waals surface area contributed by atoms with Crippen molar-refractivity contribution in [3.8, 4) is 6.07 Å². The minimum atomic E-state index is -0.704. The van der Waals surface area contributed by atoms with E-state index in [0.717, 1.165) is 17.0 Å². The molecule has 0 aliphatic heterocycles. The Morgan fingerprint density at radius 2 is 1.93 bits per heavy atom. The van der Waals surface area contributed by atoms with Gasteiger partial charge in [0.2, 0.25) is 0 Å². The second kappa shape index (κ2) is 9.92. The third kappa shape index (κ3) is 5.47. The highest BCUT2D eigenvalue weighted by Crippen LogP contribution is 2.22. The van der Waals surface area contributed by atoms with E-state index in [0.29, 0.717) is 17.2 Å². The lowest BCUT2D eigenvalue weighted by Gasteiger charge is -2.17. The molecule has 1 atom stereocenters. The van der Waals surface area contributed by atoms with E-state index in [9.17, 15) is 14.9 Å². The Morgan fingerprint density at radius 3 is 2.52 bits per heavy atom.